The zero-order valence-corrected chi connectivity index (χ0v) is 24.3. The highest BCUT2D eigenvalue weighted by Gasteiger charge is 2.20. The van der Waals surface area contributed by atoms with Gasteiger partial charge in [0.1, 0.15) is 29.6 Å². The fourth-order valence-electron chi connectivity index (χ4n) is 4.60. The number of nitrogens with one attached hydrogen (secondary N) is 2. The fourth-order valence-corrected chi connectivity index (χ4v) is 5.12. The first-order valence-electron chi connectivity index (χ1n) is 13.1. The summed E-state index contributed by atoms with van der Waals surface area (Å²) in [7, 11) is -3.80. The van der Waals surface area contributed by atoms with Crippen LogP contribution in [0.25, 0.3) is 16.8 Å². The molecule has 2 aromatic carbocycles. The Balaban J connectivity index is 1.46. The second-order valence-electron chi connectivity index (χ2n) is 10.0. The van der Waals surface area contributed by atoms with Gasteiger partial charge in [-0.2, -0.15) is 10.4 Å². The number of sulfonamides is 1. The molecule has 3 aromatic heterocycles. The van der Waals surface area contributed by atoms with Gasteiger partial charge in [-0.05, 0) is 73.9 Å². The SMILES string of the molecule is Cc1cc(C(=O)NCc2ccc(S(N)(=O)=O)cc2)cc(-c2nc([C@H](C)Nc3ncnc(N)c3C#N)nn3ccc(C)c23)c1. The number of carbonyl (C=O) groups is 1. The number of nitrogens with zero attached hydrogens (tertiary/aromatic N) is 6. The highest BCUT2D eigenvalue weighted by Crippen LogP contribution is 2.29. The van der Waals surface area contributed by atoms with Crippen LogP contribution in [0.3, 0.4) is 0 Å². The Morgan fingerprint density at radius 2 is 1.86 bits per heavy atom. The summed E-state index contributed by atoms with van der Waals surface area (Å²) < 4.78 is 24.8. The summed E-state index contributed by atoms with van der Waals surface area (Å²) in [6.45, 7) is 5.88. The Morgan fingerprint density at radius 1 is 1.12 bits per heavy atom. The van der Waals surface area contributed by atoms with Crippen molar-refractivity contribution in [1.29, 1.82) is 5.26 Å². The van der Waals surface area contributed by atoms with Crippen molar-refractivity contribution in [2.24, 2.45) is 5.14 Å². The number of fused-ring (bicyclic) bond motifs is 1. The van der Waals surface area contributed by atoms with Gasteiger partial charge in [-0.25, -0.2) is 33.0 Å². The van der Waals surface area contributed by atoms with Crippen LogP contribution in [0.15, 0.2) is 66.0 Å². The quantitative estimate of drug-likeness (QED) is 0.206. The predicted octanol–water partition coefficient (Wildman–Crippen LogP) is 3.01. The number of carbonyl (C=O) groups excluding carboxylic acids is 1. The number of primary sulfonamides is 1. The molecule has 5 aromatic rings. The molecule has 0 spiro atoms. The molecule has 0 saturated carbocycles. The first-order valence-corrected chi connectivity index (χ1v) is 14.6. The summed E-state index contributed by atoms with van der Waals surface area (Å²) in [6, 6.07) is 15.0. The van der Waals surface area contributed by atoms with Crippen LogP contribution >= 0.6 is 0 Å². The van der Waals surface area contributed by atoms with Crippen LogP contribution in [0.4, 0.5) is 11.6 Å². The fraction of sp³-hybridized carbons (Fsp3) is 0.172. The number of anilines is 2. The number of benzene rings is 2. The minimum absolute atomic E-state index is 0.00157. The molecule has 0 saturated heterocycles. The first-order chi connectivity index (χ1) is 20.4. The summed E-state index contributed by atoms with van der Waals surface area (Å²) in [4.78, 5) is 26.1. The van der Waals surface area contributed by atoms with E-state index >= 15 is 0 Å². The van der Waals surface area contributed by atoms with Crippen molar-refractivity contribution in [2.45, 2.75) is 38.3 Å². The van der Waals surface area contributed by atoms with Gasteiger partial charge in [0.15, 0.2) is 5.82 Å². The van der Waals surface area contributed by atoms with E-state index in [0.29, 0.717) is 28.2 Å². The second kappa shape index (κ2) is 11.5. The van der Waals surface area contributed by atoms with E-state index in [-0.39, 0.29) is 34.5 Å². The molecule has 5 rings (SSSR count). The third-order valence-corrected chi connectivity index (χ3v) is 7.71. The van der Waals surface area contributed by atoms with E-state index in [2.05, 4.69) is 25.7 Å². The number of hydrogen-bond donors (Lipinski definition) is 4. The molecule has 218 valence electrons. The van der Waals surface area contributed by atoms with Crippen LogP contribution in [-0.4, -0.2) is 38.9 Å². The van der Waals surface area contributed by atoms with Crippen molar-refractivity contribution in [3.8, 4) is 17.3 Å². The lowest BCUT2D eigenvalue weighted by Gasteiger charge is -2.17. The average molecular weight is 597 g/mol. The van der Waals surface area contributed by atoms with Crippen molar-refractivity contribution in [1.82, 2.24) is 29.9 Å². The van der Waals surface area contributed by atoms with Crippen LogP contribution in [0.2, 0.25) is 0 Å². The van der Waals surface area contributed by atoms with Crippen LogP contribution in [0, 0.1) is 25.2 Å². The minimum Gasteiger partial charge on any atom is -0.382 e. The molecule has 0 radical (unpaired) electrons. The van der Waals surface area contributed by atoms with Crippen LogP contribution in [-0.2, 0) is 16.6 Å². The number of amides is 1. The maximum absolute atomic E-state index is 13.2. The van der Waals surface area contributed by atoms with E-state index < -0.39 is 16.1 Å². The lowest BCUT2D eigenvalue weighted by atomic mass is 10.0. The van der Waals surface area contributed by atoms with Gasteiger partial charge >= 0.3 is 0 Å². The van der Waals surface area contributed by atoms with Crippen molar-refractivity contribution < 1.29 is 13.2 Å². The molecule has 6 N–H and O–H groups in total. The van der Waals surface area contributed by atoms with Crippen LogP contribution in [0.5, 0.6) is 0 Å². The average Bonchev–Trinajstić information content (AvgIpc) is 3.35. The largest absolute Gasteiger partial charge is 0.382 e. The summed E-state index contributed by atoms with van der Waals surface area (Å²) >= 11 is 0. The van der Waals surface area contributed by atoms with Crippen molar-refractivity contribution in [3.05, 3.63) is 94.7 Å². The summed E-state index contributed by atoms with van der Waals surface area (Å²) in [5.74, 6) is 0.453. The monoisotopic (exact) mass is 596 g/mol. The molecule has 0 fully saturated rings. The number of hydrogen-bond acceptors (Lipinski definition) is 10. The maximum Gasteiger partial charge on any atom is 0.251 e. The molecule has 1 amide bonds. The Kier molecular flexibility index (Phi) is 7.77. The van der Waals surface area contributed by atoms with E-state index in [1.165, 1.54) is 18.5 Å². The number of aryl methyl sites for hydroxylation is 2. The standard InChI is InChI=1S/C29H28N10O3S/c1-16-10-20(12-21(11-16)29(40)33-14-19-4-6-22(7-5-19)43(32,41)42)24-25-17(2)8-9-39(25)38-27(37-24)18(3)36-28-23(13-30)26(31)34-15-35-28/h4-12,15,18H,14H2,1-3H3,(H,33,40)(H2,32,41,42)(H3,31,34,35,36)/t18-/m0/s1. The number of rotatable bonds is 8. The Labute approximate surface area is 247 Å². The minimum atomic E-state index is -3.80. The van der Waals surface area contributed by atoms with E-state index in [4.69, 9.17) is 15.9 Å². The highest BCUT2D eigenvalue weighted by molar-refractivity contribution is 7.89. The molecule has 0 bridgehead atoms. The topological polar surface area (TPSA) is 207 Å². The Hall–Kier alpha value is -5.39. The summed E-state index contributed by atoms with van der Waals surface area (Å²) in [5.41, 5.74) is 11.0. The Bertz CT molecular complexity index is 2020. The number of aromatic nitrogens is 5. The van der Waals surface area contributed by atoms with E-state index in [0.717, 1.165) is 16.6 Å². The molecule has 0 unspecified atom stereocenters. The molecule has 3 heterocycles. The van der Waals surface area contributed by atoms with Crippen molar-refractivity contribution in [2.75, 3.05) is 11.1 Å². The zero-order valence-electron chi connectivity index (χ0n) is 23.5. The molecule has 1 atom stereocenters. The number of nitrogens with two attached hydrogens (primary N) is 2. The third kappa shape index (κ3) is 6.13. The van der Waals surface area contributed by atoms with E-state index in [1.807, 2.05) is 45.2 Å². The molecule has 0 aliphatic heterocycles. The lowest BCUT2D eigenvalue weighted by molar-refractivity contribution is 0.0951. The molecular weight excluding hydrogens is 568 g/mol. The predicted molar refractivity (Wildman–Crippen MR) is 160 cm³/mol. The molecule has 0 aliphatic rings. The van der Waals surface area contributed by atoms with Gasteiger partial charge in [-0.3, -0.25) is 4.79 Å². The second-order valence-corrected chi connectivity index (χ2v) is 11.6. The highest BCUT2D eigenvalue weighted by atomic mass is 32.2. The smallest absolute Gasteiger partial charge is 0.251 e. The summed E-state index contributed by atoms with van der Waals surface area (Å²) in [6.07, 6.45) is 3.11. The number of nitrogen functional groups attached to an aromatic ring is 1. The van der Waals surface area contributed by atoms with Gasteiger partial charge in [0.2, 0.25) is 10.0 Å². The molecule has 43 heavy (non-hydrogen) atoms. The van der Waals surface area contributed by atoms with Gasteiger partial charge in [0.05, 0.1) is 22.1 Å². The summed E-state index contributed by atoms with van der Waals surface area (Å²) in [5, 5.41) is 25.4. The van der Waals surface area contributed by atoms with Crippen LogP contribution < -0.4 is 21.5 Å². The van der Waals surface area contributed by atoms with Gasteiger partial charge in [0, 0.05) is 23.9 Å². The van der Waals surface area contributed by atoms with E-state index in [9.17, 15) is 18.5 Å². The lowest BCUT2D eigenvalue weighted by Crippen LogP contribution is -2.23. The van der Waals surface area contributed by atoms with Gasteiger partial charge in [0.25, 0.3) is 5.91 Å². The van der Waals surface area contributed by atoms with Gasteiger partial charge in [-0.15, -0.1) is 0 Å². The van der Waals surface area contributed by atoms with Gasteiger partial charge < -0.3 is 16.4 Å². The van der Waals surface area contributed by atoms with Crippen molar-refractivity contribution in [3.63, 3.8) is 0 Å². The molecular formula is C29H28N10O3S. The molecule has 14 heteroatoms. The Morgan fingerprint density at radius 3 is 2.56 bits per heavy atom. The van der Waals surface area contributed by atoms with E-state index in [1.54, 1.807) is 28.8 Å². The molecule has 0 aliphatic carbocycles. The zero-order chi connectivity index (χ0) is 30.9. The van der Waals surface area contributed by atoms with Gasteiger partial charge in [-0.1, -0.05) is 12.1 Å². The first kappa shape index (κ1) is 29.1. The molecule has 13 nitrogen and oxygen atoms in total. The maximum atomic E-state index is 13.2. The number of nitriles is 1. The van der Waals surface area contributed by atoms with Crippen LogP contribution in [0.1, 0.15) is 51.4 Å². The van der Waals surface area contributed by atoms with Crippen molar-refractivity contribution >= 4 is 33.1 Å². The third-order valence-electron chi connectivity index (χ3n) is 6.78. The normalized spacial score (nSPS) is 12.1.